The van der Waals surface area contributed by atoms with Crippen molar-refractivity contribution >= 4 is 35.0 Å². The van der Waals surface area contributed by atoms with Gasteiger partial charge in [-0.25, -0.2) is 14.4 Å². The summed E-state index contributed by atoms with van der Waals surface area (Å²) in [6, 6.07) is 14.3. The lowest BCUT2D eigenvalue weighted by Crippen LogP contribution is -2.35. The monoisotopic (exact) mass is 500 g/mol. The van der Waals surface area contributed by atoms with E-state index in [4.69, 9.17) is 9.57 Å². The molecule has 188 valence electrons. The molecular weight excluding hydrogens is 476 g/mol. The lowest BCUT2D eigenvalue weighted by atomic mass is 9.92. The van der Waals surface area contributed by atoms with Crippen LogP contribution in [0.15, 0.2) is 53.7 Å². The summed E-state index contributed by atoms with van der Waals surface area (Å²) in [6.07, 6.45) is -1.26. The number of fused-ring (bicyclic) bond motifs is 1. The van der Waals surface area contributed by atoms with Crippen LogP contribution in [0.5, 0.6) is 0 Å². The standard InChI is InChI=1S/C27H24N4O6/c1-5-36-27(35)22-19(16(4)31(28-22)17-12-10-14(2)11-13-17)23(32)21-20-24(37-29-21)26(34)30(25(20)33)18-9-7-6-8-15(18)3/h6-13,20,24H,5H2,1-4H3/t20-,24+/m0/s1. The SMILES string of the molecule is CCOC(=O)c1nn(-c2ccc(C)cc2)c(C)c1C(=O)C1=NO[C@H]2C(=O)N(c3ccccc3C)C(=O)[C@@H]12. The van der Waals surface area contributed by atoms with Crippen molar-refractivity contribution in [2.24, 2.45) is 11.1 Å². The van der Waals surface area contributed by atoms with Crippen LogP contribution >= 0.6 is 0 Å². The molecule has 10 heteroatoms. The first kappa shape index (κ1) is 24.1. The number of carbonyl (C=O) groups is 4. The summed E-state index contributed by atoms with van der Waals surface area (Å²) in [7, 11) is 0. The smallest absolute Gasteiger partial charge is 0.359 e. The number of ether oxygens (including phenoxy) is 1. The van der Waals surface area contributed by atoms with E-state index >= 15 is 0 Å². The molecule has 10 nitrogen and oxygen atoms in total. The van der Waals surface area contributed by atoms with Crippen LogP contribution in [0, 0.1) is 26.7 Å². The van der Waals surface area contributed by atoms with Crippen LogP contribution in [0.4, 0.5) is 5.69 Å². The number of imide groups is 1. The van der Waals surface area contributed by atoms with Crippen LogP contribution in [0.3, 0.4) is 0 Å². The zero-order chi connectivity index (χ0) is 26.4. The number of hydrogen-bond acceptors (Lipinski definition) is 8. The summed E-state index contributed by atoms with van der Waals surface area (Å²) in [6.45, 7) is 7.08. The van der Waals surface area contributed by atoms with E-state index in [2.05, 4.69) is 10.3 Å². The largest absolute Gasteiger partial charge is 0.461 e. The third-order valence-electron chi connectivity index (χ3n) is 6.49. The van der Waals surface area contributed by atoms with Gasteiger partial charge in [-0.15, -0.1) is 0 Å². The molecule has 0 bridgehead atoms. The second-order valence-corrected chi connectivity index (χ2v) is 8.88. The van der Waals surface area contributed by atoms with Gasteiger partial charge in [0.05, 0.1) is 29.2 Å². The fraction of sp³-hybridized carbons (Fsp3) is 0.259. The second kappa shape index (κ2) is 9.12. The summed E-state index contributed by atoms with van der Waals surface area (Å²) >= 11 is 0. The third kappa shape index (κ3) is 3.81. The number of oxime groups is 1. The summed E-state index contributed by atoms with van der Waals surface area (Å²) in [4.78, 5) is 59.5. The Bertz CT molecular complexity index is 1490. The van der Waals surface area contributed by atoms with Crippen molar-refractivity contribution in [1.29, 1.82) is 0 Å². The Kier molecular flexibility index (Phi) is 5.94. The van der Waals surface area contributed by atoms with E-state index in [0.717, 1.165) is 10.5 Å². The summed E-state index contributed by atoms with van der Waals surface area (Å²) in [5.74, 6) is -3.97. The zero-order valence-corrected chi connectivity index (χ0v) is 20.7. The predicted octanol–water partition coefficient (Wildman–Crippen LogP) is 3.10. The molecule has 0 N–H and O–H groups in total. The highest BCUT2D eigenvalue weighted by Crippen LogP contribution is 2.36. The minimum absolute atomic E-state index is 0.0587. The van der Waals surface area contributed by atoms with Crippen LogP contribution in [0.2, 0.25) is 0 Å². The molecule has 3 aromatic rings. The molecule has 1 fully saturated rings. The van der Waals surface area contributed by atoms with Gasteiger partial charge in [0.1, 0.15) is 11.6 Å². The van der Waals surface area contributed by atoms with Gasteiger partial charge in [0.2, 0.25) is 17.8 Å². The number of Topliss-reactive ketones (excluding diaryl/α,β-unsaturated/α-hetero) is 1. The molecular formula is C27H24N4O6. The zero-order valence-electron chi connectivity index (χ0n) is 20.7. The lowest BCUT2D eigenvalue weighted by molar-refractivity contribution is -0.126. The van der Waals surface area contributed by atoms with Crippen LogP contribution in [-0.2, 0) is 19.2 Å². The molecule has 37 heavy (non-hydrogen) atoms. The number of amides is 2. The Morgan fingerprint density at radius 1 is 1.00 bits per heavy atom. The Balaban J connectivity index is 1.56. The maximum atomic E-state index is 13.8. The van der Waals surface area contributed by atoms with Gasteiger partial charge in [0, 0.05) is 0 Å². The number of para-hydroxylation sites is 1. The fourth-order valence-electron chi connectivity index (χ4n) is 4.60. The van der Waals surface area contributed by atoms with Crippen molar-refractivity contribution in [1.82, 2.24) is 9.78 Å². The van der Waals surface area contributed by atoms with Gasteiger partial charge in [0.25, 0.3) is 5.91 Å². The van der Waals surface area contributed by atoms with E-state index in [1.54, 1.807) is 45.0 Å². The molecule has 2 amide bonds. The normalized spacial score (nSPS) is 18.5. The number of anilines is 1. The van der Waals surface area contributed by atoms with E-state index in [-0.39, 0.29) is 23.6 Å². The van der Waals surface area contributed by atoms with Crippen LogP contribution in [0.1, 0.15) is 44.6 Å². The van der Waals surface area contributed by atoms with Gasteiger partial charge in [-0.3, -0.25) is 14.4 Å². The average molecular weight is 501 g/mol. The van der Waals surface area contributed by atoms with Gasteiger partial charge in [-0.2, -0.15) is 5.10 Å². The van der Waals surface area contributed by atoms with Gasteiger partial charge in [0.15, 0.2) is 5.69 Å². The molecule has 0 aliphatic carbocycles. The third-order valence-corrected chi connectivity index (χ3v) is 6.49. The Morgan fingerprint density at radius 3 is 2.38 bits per heavy atom. The topological polar surface area (TPSA) is 120 Å². The Morgan fingerprint density at radius 2 is 1.70 bits per heavy atom. The quantitative estimate of drug-likeness (QED) is 0.290. The van der Waals surface area contributed by atoms with E-state index in [9.17, 15) is 19.2 Å². The Labute approximate surface area is 212 Å². The van der Waals surface area contributed by atoms with Crippen molar-refractivity contribution in [3.05, 3.63) is 76.6 Å². The number of aromatic nitrogens is 2. The van der Waals surface area contributed by atoms with Gasteiger partial charge in [-0.1, -0.05) is 41.1 Å². The first-order chi connectivity index (χ1) is 17.7. The van der Waals surface area contributed by atoms with E-state index in [1.165, 1.54) is 4.68 Å². The van der Waals surface area contributed by atoms with Crippen molar-refractivity contribution < 1.29 is 28.8 Å². The summed E-state index contributed by atoms with van der Waals surface area (Å²) in [5, 5.41) is 8.22. The van der Waals surface area contributed by atoms with E-state index < -0.39 is 35.6 Å². The molecule has 2 aliphatic rings. The Hall–Kier alpha value is -4.60. The van der Waals surface area contributed by atoms with Crippen molar-refractivity contribution in [2.75, 3.05) is 11.5 Å². The highest BCUT2D eigenvalue weighted by molar-refractivity contribution is 6.53. The minimum atomic E-state index is -1.26. The average Bonchev–Trinajstić information content (AvgIpc) is 3.53. The van der Waals surface area contributed by atoms with Crippen LogP contribution in [0.25, 0.3) is 5.69 Å². The molecule has 1 aromatic heterocycles. The number of nitrogens with zero attached hydrogens (tertiary/aromatic N) is 4. The second-order valence-electron chi connectivity index (χ2n) is 8.88. The molecule has 5 rings (SSSR count). The molecule has 2 aromatic carbocycles. The molecule has 0 saturated carbocycles. The first-order valence-electron chi connectivity index (χ1n) is 11.8. The molecule has 0 spiro atoms. The van der Waals surface area contributed by atoms with Crippen molar-refractivity contribution in [2.45, 2.75) is 33.8 Å². The van der Waals surface area contributed by atoms with Gasteiger partial charge >= 0.3 is 5.97 Å². The predicted molar refractivity (Wildman–Crippen MR) is 133 cm³/mol. The van der Waals surface area contributed by atoms with Crippen LogP contribution < -0.4 is 4.90 Å². The highest BCUT2D eigenvalue weighted by atomic mass is 16.7. The van der Waals surface area contributed by atoms with Gasteiger partial charge in [-0.05, 0) is 51.5 Å². The summed E-state index contributed by atoms with van der Waals surface area (Å²) in [5.41, 5.74) is 2.63. The molecule has 2 aliphatic heterocycles. The number of aryl methyl sites for hydroxylation is 2. The maximum absolute atomic E-state index is 13.8. The van der Waals surface area contributed by atoms with Crippen LogP contribution in [-0.4, -0.2) is 51.8 Å². The number of hydrogen-bond donors (Lipinski definition) is 0. The minimum Gasteiger partial charge on any atom is -0.461 e. The van der Waals surface area contributed by atoms with Crippen molar-refractivity contribution in [3.8, 4) is 5.69 Å². The number of rotatable bonds is 6. The molecule has 1 saturated heterocycles. The van der Waals surface area contributed by atoms with Crippen molar-refractivity contribution in [3.63, 3.8) is 0 Å². The van der Waals surface area contributed by atoms with Gasteiger partial charge < -0.3 is 9.57 Å². The van der Waals surface area contributed by atoms with E-state index in [1.807, 2.05) is 31.2 Å². The molecule has 3 heterocycles. The maximum Gasteiger partial charge on any atom is 0.359 e. The fourth-order valence-corrected chi connectivity index (χ4v) is 4.60. The molecule has 2 atom stereocenters. The number of benzene rings is 2. The highest BCUT2D eigenvalue weighted by Gasteiger charge is 2.58. The summed E-state index contributed by atoms with van der Waals surface area (Å²) < 4.78 is 6.62. The molecule has 0 unspecified atom stereocenters. The number of carbonyl (C=O) groups excluding carboxylic acids is 4. The number of ketones is 1. The molecule has 0 radical (unpaired) electrons. The first-order valence-corrected chi connectivity index (χ1v) is 11.8. The van der Waals surface area contributed by atoms with E-state index in [0.29, 0.717) is 22.6 Å². The number of esters is 1. The lowest BCUT2D eigenvalue weighted by Gasteiger charge is -2.17.